The maximum atomic E-state index is 13.6. The number of rotatable bonds is 32. The summed E-state index contributed by atoms with van der Waals surface area (Å²) < 4.78 is 133. The Bertz CT molecular complexity index is 7010. The molecule has 0 amide bonds. The molecule has 8 aromatic carbocycles. The van der Waals surface area contributed by atoms with Crippen molar-refractivity contribution in [3.63, 3.8) is 0 Å². The summed E-state index contributed by atoms with van der Waals surface area (Å²) in [7, 11) is -8.51. The molecular weight excluding hydrogens is 2030 g/mol. The number of hydrogen-bond donors (Lipinski definition) is 9. The molecule has 6 aliphatic rings. The van der Waals surface area contributed by atoms with Crippen molar-refractivity contribution in [1.29, 1.82) is 0 Å². The minimum atomic E-state index is -3.54. The first-order chi connectivity index (χ1) is 68.7. The summed E-state index contributed by atoms with van der Waals surface area (Å²) in [6.45, 7) is 27.0. The van der Waals surface area contributed by atoms with E-state index in [2.05, 4.69) is 127 Å². The summed E-state index contributed by atoms with van der Waals surface area (Å²) in [5.41, 5.74) is 5.92. The van der Waals surface area contributed by atoms with Crippen molar-refractivity contribution in [2.75, 3.05) is 213 Å². The standard InChI is InChI=1S/C26H33ClN5O4PS.C26H31ClN5O3P.C24H30ClN6O2P.C24H29ClN5O4PS/c1-5-32-12-14-37(33,15-13-32)19-10-11-21(23(16-19)36-4)30-26-28-17-20(27)25(31-26)29-22-8-6-7-9-24(22)38(34,35)18(2)3;1-34-22-14-18(35-23-16-32-12-10-17(23)11-13-32)8-9-20(22)30-26-28-15-19(27)25(31-26)29-21-6-4-5-7-24(21)36(2,3)33;1-30-11-13-31(14-12-30)17-9-10-19(21(15-17)33-2)28-24-26-16-18(25)23(29-24)27-20-7-5-6-8-22(20)34(3,4)32;1-16(2)36(32,33)22-7-5-4-6-20(22)28-23-18(25)15-27-24(30-23)29-19-9-8-17(14-21(19)34-3)35(31)12-10-26-11-13-35/h6-11,16-18H,5,12-15H2,1-4H3,(H2,28,29,30,31);4-9,14-15,17,23H,10-13,16H2,1-3H3,(H2,28,29,30,31);5-10,15-16H,11-14H2,1-4H3,(H2,26,27,28,29);4-9,14-16,26H,10-13H2,1-3H3,(H2,27,28,29,30). The zero-order valence-corrected chi connectivity index (χ0v) is 91.0. The number of para-hydroxylation sites is 4. The Morgan fingerprint density at radius 3 is 1.16 bits per heavy atom. The molecule has 6 fully saturated rings. The molecule has 9 N–H and O–H groups in total. The van der Waals surface area contributed by atoms with Crippen molar-refractivity contribution in [1.82, 2.24) is 59.9 Å². The fourth-order valence-electron chi connectivity index (χ4n) is 16.9. The Morgan fingerprint density at radius 2 is 0.785 bits per heavy atom. The van der Waals surface area contributed by atoms with E-state index in [-0.39, 0.29) is 49.5 Å². The highest BCUT2D eigenvalue weighted by Crippen LogP contribution is 2.50. The van der Waals surface area contributed by atoms with E-state index in [1.807, 2.05) is 103 Å². The predicted molar refractivity (Wildman–Crippen MR) is 587 cm³/mol. The van der Waals surface area contributed by atoms with Crippen LogP contribution in [0.15, 0.2) is 204 Å². The number of benzene rings is 8. The predicted octanol–water partition coefficient (Wildman–Crippen LogP) is 19.5. The topological polar surface area (TPSA) is 407 Å². The van der Waals surface area contributed by atoms with Crippen LogP contribution in [0.25, 0.3) is 0 Å². The Morgan fingerprint density at radius 1 is 0.431 bits per heavy atom. The number of anilines is 17. The first-order valence-corrected chi connectivity index (χ1v) is 61.1. The summed E-state index contributed by atoms with van der Waals surface area (Å²) in [5.74, 6) is 6.28. The van der Waals surface area contributed by atoms with Crippen LogP contribution in [-0.2, 0) is 37.9 Å². The number of nitrogens with zero attached hydrogens (tertiary/aromatic N) is 12. The number of fused-ring (bicyclic) bond motifs is 3. The van der Waals surface area contributed by atoms with Crippen molar-refractivity contribution in [2.45, 2.75) is 73.9 Å². The van der Waals surface area contributed by atoms with Crippen molar-refractivity contribution >= 4 is 214 Å². The summed E-state index contributed by atoms with van der Waals surface area (Å²) in [4.78, 5) is 45.0. The minimum absolute atomic E-state index is 0.161. The third-order valence-electron chi connectivity index (χ3n) is 25.3. The number of methoxy groups -OCH3 is 4. The zero-order chi connectivity index (χ0) is 103. The molecule has 18 rings (SSSR count). The Labute approximate surface area is 862 Å². The van der Waals surface area contributed by atoms with Gasteiger partial charge in [-0.1, -0.05) is 102 Å². The van der Waals surface area contributed by atoms with Crippen molar-refractivity contribution in [2.24, 2.45) is 5.92 Å². The van der Waals surface area contributed by atoms with E-state index in [0.717, 1.165) is 104 Å². The molecule has 12 aromatic rings. The molecule has 0 radical (unpaired) electrons. The van der Waals surface area contributed by atoms with E-state index in [0.29, 0.717) is 127 Å². The van der Waals surface area contributed by atoms with Crippen LogP contribution in [0.2, 0.25) is 20.1 Å². The number of aromatic nitrogens is 8. The normalized spacial score (nSPS) is 16.8. The summed E-state index contributed by atoms with van der Waals surface area (Å²) in [6, 6.07) is 50.9. The van der Waals surface area contributed by atoms with E-state index in [1.165, 1.54) is 50.7 Å². The fourth-order valence-corrected chi connectivity index (χ4v) is 27.3. The lowest BCUT2D eigenvalue weighted by atomic mass is 9.86. The second-order valence-corrected chi connectivity index (χ2v) is 55.8. The van der Waals surface area contributed by atoms with Gasteiger partial charge in [-0.15, -0.1) is 0 Å². The molecule has 6 aliphatic heterocycles. The van der Waals surface area contributed by atoms with Crippen LogP contribution in [0, 0.1) is 5.92 Å². The first-order valence-electron chi connectivity index (χ1n) is 47.1. The smallest absolute Gasteiger partial charge is 0.229 e. The molecule has 1 unspecified atom stereocenters. The van der Waals surface area contributed by atoms with Gasteiger partial charge in [0, 0.05) is 123 Å². The van der Waals surface area contributed by atoms with Crippen LogP contribution < -0.4 is 97.7 Å². The van der Waals surface area contributed by atoms with Crippen LogP contribution in [0.3, 0.4) is 0 Å². The molecule has 4 aromatic heterocycles. The number of piperazine rings is 1. The monoisotopic (exact) mass is 2150 g/mol. The summed E-state index contributed by atoms with van der Waals surface area (Å²) in [5, 5.41) is 31.5. The van der Waals surface area contributed by atoms with Crippen LogP contribution in [-0.4, -0.2) is 253 Å². The molecule has 144 heavy (non-hydrogen) atoms. The number of sulfone groups is 2. The van der Waals surface area contributed by atoms with E-state index in [9.17, 15) is 35.1 Å². The third kappa shape index (κ3) is 27.3. The lowest BCUT2D eigenvalue weighted by Crippen LogP contribution is -2.52. The maximum absolute atomic E-state index is 13.6. The van der Waals surface area contributed by atoms with Crippen molar-refractivity contribution in [3.05, 3.63) is 215 Å². The number of likely N-dealkylation sites (N-methyl/N-ethyl adjacent to an activating group) is 1. The largest absolute Gasteiger partial charge is 0.495 e. The summed E-state index contributed by atoms with van der Waals surface area (Å²) in [6.07, 6.45) is 11.1. The Hall–Kier alpha value is -10.9. The molecular formula is C100H123Cl4N21O13P4S2. The van der Waals surface area contributed by atoms with Gasteiger partial charge in [-0.05, 0) is 209 Å². The molecule has 0 aliphatic carbocycles. The highest BCUT2D eigenvalue weighted by atomic mass is 35.5. The van der Waals surface area contributed by atoms with Gasteiger partial charge in [-0.3, -0.25) is 4.90 Å². The van der Waals surface area contributed by atoms with E-state index in [1.54, 1.807) is 143 Å². The van der Waals surface area contributed by atoms with Gasteiger partial charge in [-0.25, -0.2) is 36.8 Å². The van der Waals surface area contributed by atoms with Gasteiger partial charge in [-0.2, -0.15) is 19.9 Å². The van der Waals surface area contributed by atoms with Gasteiger partial charge in [0.25, 0.3) is 0 Å². The van der Waals surface area contributed by atoms with Crippen LogP contribution >= 0.6 is 75.0 Å². The van der Waals surface area contributed by atoms with Gasteiger partial charge < -0.3 is 104 Å². The second kappa shape index (κ2) is 48.2. The molecule has 766 valence electrons. The maximum Gasteiger partial charge on any atom is 0.229 e. The number of hydrogen-bond acceptors (Lipinski definition) is 34. The zero-order valence-electron chi connectivity index (χ0n) is 82.8. The number of halogens is 4. The van der Waals surface area contributed by atoms with Crippen LogP contribution in [0.5, 0.6) is 28.7 Å². The lowest BCUT2D eigenvalue weighted by molar-refractivity contribution is -0.00782. The number of ether oxygens (including phenoxy) is 5. The van der Waals surface area contributed by atoms with E-state index in [4.69, 9.17) is 70.1 Å². The average molecular weight is 2160 g/mol. The van der Waals surface area contributed by atoms with Crippen molar-refractivity contribution in [3.8, 4) is 28.7 Å². The van der Waals surface area contributed by atoms with Crippen molar-refractivity contribution < 1.29 is 58.8 Å². The number of piperidine rings is 3. The van der Waals surface area contributed by atoms with Crippen LogP contribution in [0.1, 0.15) is 47.5 Å². The molecule has 0 spiro atoms. The molecule has 1 atom stereocenters. The summed E-state index contributed by atoms with van der Waals surface area (Å²) >= 11 is 25.4. The first kappa shape index (κ1) is 109. The van der Waals surface area contributed by atoms with E-state index >= 15 is 0 Å². The highest BCUT2D eigenvalue weighted by Gasteiger charge is 2.38. The minimum Gasteiger partial charge on any atom is -0.495 e. The molecule has 44 heteroatoms. The van der Waals surface area contributed by atoms with Gasteiger partial charge in [0.2, 0.25) is 23.8 Å². The lowest BCUT2D eigenvalue weighted by Gasteiger charge is -2.44. The molecule has 2 bridgehead atoms. The van der Waals surface area contributed by atoms with Gasteiger partial charge in [0.15, 0.2) is 42.9 Å². The van der Waals surface area contributed by atoms with Gasteiger partial charge in [0.1, 0.15) is 83.5 Å². The second-order valence-electron chi connectivity index (χ2n) is 36.4. The number of nitrogens with one attached hydrogen (secondary N) is 9. The van der Waals surface area contributed by atoms with Gasteiger partial charge in [0.05, 0.1) is 119 Å². The average Bonchev–Trinajstić information content (AvgIpc) is 0.746. The SMILES string of the molecule is CCN1CCP(=O)(c2ccc(Nc3ncc(Cl)c(Nc4ccccc4S(=O)(=O)C(C)C)n3)c(OC)c2)CC1.COc1cc(N2CCN(C)CC2)ccc1Nc1ncc(Cl)c(Nc2ccccc2P(C)(C)=O)n1.COc1cc(OC2CN3CCC2CC3)ccc1Nc1ncc(Cl)c(Nc2ccccc2P(C)(C)=O)n1.COc1cc(P2(=O)CCNCC2)ccc1Nc1ncc(Cl)c(Nc2ccccc2S(=O)(=O)C(C)C)n1. The fraction of sp³-hybridized carbons (Fsp3) is 0.360. The Kier molecular flexibility index (Phi) is 36.4. The van der Waals surface area contributed by atoms with Gasteiger partial charge >= 0.3 is 0 Å². The molecule has 0 saturated carbocycles. The Balaban J connectivity index is 0.000000152. The molecule has 34 nitrogen and oxygen atoms in total. The third-order valence-corrected chi connectivity index (χ3v) is 40.1. The highest BCUT2D eigenvalue weighted by molar-refractivity contribution is 7.92. The quantitative estimate of drug-likeness (QED) is 0.0177. The molecule has 6 saturated heterocycles. The van der Waals surface area contributed by atoms with Crippen LogP contribution in [0.4, 0.5) is 98.3 Å². The molecule has 10 heterocycles. The van der Waals surface area contributed by atoms with E-state index < -0.39 is 58.7 Å².